The van der Waals surface area contributed by atoms with Crippen LogP contribution in [0, 0.1) is 20.2 Å². The van der Waals surface area contributed by atoms with Crippen LogP contribution in [0.5, 0.6) is 0 Å². The molecule has 184 valence electrons. The first-order valence-electron chi connectivity index (χ1n) is 11.0. The molecule has 12 heteroatoms. The Bertz CT molecular complexity index is 981. The van der Waals surface area contributed by atoms with Gasteiger partial charge in [-0.3, -0.25) is 29.8 Å². The number of carbonyl (C=O) groups excluding carboxylic acids is 2. The fraction of sp³-hybridized carbons (Fsp3) is 0.304. The molecule has 2 aromatic rings. The molecule has 2 rings (SSSR count). The molecular formula is C23H26N6O6. The van der Waals surface area contributed by atoms with E-state index in [0.717, 1.165) is 19.3 Å². The SMILES string of the molecule is O=C(CCCCCCCC(=O)N/N=C/c1ccc([N+](=O)[O-])cc1)N/N=C/c1ccc([N+](=O)[O-])cc1. The Morgan fingerprint density at radius 3 is 1.34 bits per heavy atom. The molecule has 0 fully saturated rings. The standard InChI is InChI=1S/C23H26N6O6/c30-22(26-24-16-18-8-12-20(13-9-18)28(32)33)6-4-2-1-3-5-7-23(31)27-25-17-19-10-14-21(15-11-19)29(34)35/h8-17H,1-7H2,(H,26,30)(H,27,31)/b24-16+,25-17+. The van der Waals surface area contributed by atoms with Crippen LogP contribution in [0.1, 0.15) is 56.1 Å². The van der Waals surface area contributed by atoms with Crippen LogP contribution in [0.15, 0.2) is 58.7 Å². The third kappa shape index (κ3) is 10.8. The molecule has 0 aromatic heterocycles. The van der Waals surface area contributed by atoms with Gasteiger partial charge in [0.15, 0.2) is 0 Å². The Morgan fingerprint density at radius 1 is 0.657 bits per heavy atom. The number of nitro benzene ring substituents is 2. The van der Waals surface area contributed by atoms with Crippen molar-refractivity contribution in [2.24, 2.45) is 10.2 Å². The molecule has 0 aliphatic heterocycles. The number of nitrogens with zero attached hydrogens (tertiary/aromatic N) is 4. The van der Waals surface area contributed by atoms with E-state index < -0.39 is 9.85 Å². The highest BCUT2D eigenvalue weighted by molar-refractivity contribution is 5.83. The van der Waals surface area contributed by atoms with Crippen LogP contribution in [-0.2, 0) is 9.59 Å². The van der Waals surface area contributed by atoms with Gasteiger partial charge < -0.3 is 0 Å². The maximum absolute atomic E-state index is 11.8. The van der Waals surface area contributed by atoms with Crippen LogP contribution in [0.25, 0.3) is 0 Å². The summed E-state index contributed by atoms with van der Waals surface area (Å²) in [5.74, 6) is -0.429. The van der Waals surface area contributed by atoms with E-state index in [1.807, 2.05) is 0 Å². The Balaban J connectivity index is 1.50. The van der Waals surface area contributed by atoms with Gasteiger partial charge in [-0.1, -0.05) is 19.3 Å². The number of carbonyl (C=O) groups is 2. The highest BCUT2D eigenvalue weighted by atomic mass is 16.6. The van der Waals surface area contributed by atoms with E-state index >= 15 is 0 Å². The normalized spacial score (nSPS) is 11.0. The summed E-state index contributed by atoms with van der Waals surface area (Å²) in [6.07, 6.45) is 7.48. The monoisotopic (exact) mass is 482 g/mol. The first-order chi connectivity index (χ1) is 16.8. The average Bonchev–Trinajstić information content (AvgIpc) is 2.84. The van der Waals surface area contributed by atoms with Gasteiger partial charge in [0.2, 0.25) is 11.8 Å². The van der Waals surface area contributed by atoms with E-state index in [4.69, 9.17) is 0 Å². The van der Waals surface area contributed by atoms with Crippen LogP contribution in [0.4, 0.5) is 11.4 Å². The number of hydrazone groups is 2. The number of amides is 2. The van der Waals surface area contributed by atoms with Crippen molar-refractivity contribution >= 4 is 35.6 Å². The number of non-ortho nitro benzene ring substituents is 2. The molecular weight excluding hydrogens is 456 g/mol. The second-order valence-corrected chi connectivity index (χ2v) is 7.55. The van der Waals surface area contributed by atoms with Crippen molar-refractivity contribution in [1.29, 1.82) is 0 Å². The number of nitro groups is 2. The van der Waals surface area contributed by atoms with Gasteiger partial charge in [-0.05, 0) is 48.2 Å². The summed E-state index contributed by atoms with van der Waals surface area (Å²) < 4.78 is 0. The summed E-state index contributed by atoms with van der Waals surface area (Å²) in [4.78, 5) is 43.8. The molecule has 0 aliphatic rings. The fourth-order valence-corrected chi connectivity index (χ4v) is 2.94. The Hall–Kier alpha value is -4.48. The molecule has 0 atom stereocenters. The summed E-state index contributed by atoms with van der Waals surface area (Å²) >= 11 is 0. The summed E-state index contributed by atoms with van der Waals surface area (Å²) in [6.45, 7) is 0. The summed E-state index contributed by atoms with van der Waals surface area (Å²) in [7, 11) is 0. The largest absolute Gasteiger partial charge is 0.273 e. The van der Waals surface area contributed by atoms with Crippen LogP contribution >= 0.6 is 0 Å². The first kappa shape index (κ1) is 26.8. The minimum absolute atomic E-state index is 0.0139. The smallest absolute Gasteiger partial charge is 0.269 e. The van der Waals surface area contributed by atoms with Crippen molar-refractivity contribution < 1.29 is 19.4 Å². The number of nitrogens with one attached hydrogen (secondary N) is 2. The van der Waals surface area contributed by atoms with E-state index in [-0.39, 0.29) is 23.2 Å². The lowest BCUT2D eigenvalue weighted by molar-refractivity contribution is -0.385. The van der Waals surface area contributed by atoms with Gasteiger partial charge in [-0.2, -0.15) is 10.2 Å². The molecule has 0 bridgehead atoms. The first-order valence-corrected chi connectivity index (χ1v) is 11.0. The van der Waals surface area contributed by atoms with E-state index in [1.165, 1.54) is 36.7 Å². The summed E-state index contributed by atoms with van der Waals surface area (Å²) in [6, 6.07) is 11.6. The molecule has 0 radical (unpaired) electrons. The topological polar surface area (TPSA) is 169 Å². The van der Waals surface area contributed by atoms with Crippen molar-refractivity contribution in [2.75, 3.05) is 0 Å². The molecule has 0 aliphatic carbocycles. The molecule has 12 nitrogen and oxygen atoms in total. The number of benzene rings is 2. The number of hydrogen-bond donors (Lipinski definition) is 2. The molecule has 0 heterocycles. The zero-order valence-corrected chi connectivity index (χ0v) is 19.0. The minimum atomic E-state index is -0.487. The Labute approximate surface area is 201 Å². The Kier molecular flexibility index (Phi) is 11.2. The second kappa shape index (κ2) is 14.6. The third-order valence-electron chi connectivity index (χ3n) is 4.82. The quantitative estimate of drug-likeness (QED) is 0.179. The number of unbranched alkanes of at least 4 members (excludes halogenated alkanes) is 4. The van der Waals surface area contributed by atoms with Crippen molar-refractivity contribution in [1.82, 2.24) is 10.9 Å². The lowest BCUT2D eigenvalue weighted by Gasteiger charge is -2.02. The zero-order valence-electron chi connectivity index (χ0n) is 19.0. The molecule has 2 N–H and O–H groups in total. The van der Waals surface area contributed by atoms with Crippen LogP contribution in [0.3, 0.4) is 0 Å². The van der Waals surface area contributed by atoms with E-state index in [1.54, 1.807) is 24.3 Å². The van der Waals surface area contributed by atoms with Crippen LogP contribution in [0.2, 0.25) is 0 Å². The number of hydrogen-bond acceptors (Lipinski definition) is 8. The predicted molar refractivity (Wildman–Crippen MR) is 130 cm³/mol. The van der Waals surface area contributed by atoms with Crippen molar-refractivity contribution in [3.05, 3.63) is 79.9 Å². The molecule has 0 saturated heterocycles. The molecule has 0 saturated carbocycles. The van der Waals surface area contributed by atoms with Gasteiger partial charge in [0.05, 0.1) is 22.3 Å². The van der Waals surface area contributed by atoms with Gasteiger partial charge in [0.1, 0.15) is 0 Å². The second-order valence-electron chi connectivity index (χ2n) is 7.55. The van der Waals surface area contributed by atoms with Crippen molar-refractivity contribution in [3.63, 3.8) is 0 Å². The lowest BCUT2D eigenvalue weighted by Crippen LogP contribution is -2.17. The maximum Gasteiger partial charge on any atom is 0.269 e. The highest BCUT2D eigenvalue weighted by Crippen LogP contribution is 2.11. The third-order valence-corrected chi connectivity index (χ3v) is 4.82. The predicted octanol–water partition coefficient (Wildman–Crippen LogP) is 3.83. The summed E-state index contributed by atoms with van der Waals surface area (Å²) in [5, 5.41) is 28.9. The van der Waals surface area contributed by atoms with E-state index in [9.17, 15) is 29.8 Å². The van der Waals surface area contributed by atoms with Crippen LogP contribution < -0.4 is 10.9 Å². The molecule has 2 aromatic carbocycles. The van der Waals surface area contributed by atoms with Crippen LogP contribution in [-0.4, -0.2) is 34.1 Å². The van der Waals surface area contributed by atoms with Gasteiger partial charge in [-0.25, -0.2) is 10.9 Å². The molecule has 0 spiro atoms. The van der Waals surface area contributed by atoms with Gasteiger partial charge in [0.25, 0.3) is 11.4 Å². The van der Waals surface area contributed by atoms with E-state index in [2.05, 4.69) is 21.1 Å². The van der Waals surface area contributed by atoms with E-state index in [0.29, 0.717) is 36.8 Å². The number of rotatable bonds is 14. The molecule has 2 amide bonds. The highest BCUT2D eigenvalue weighted by Gasteiger charge is 2.05. The summed E-state index contributed by atoms with van der Waals surface area (Å²) in [5.41, 5.74) is 6.09. The Morgan fingerprint density at radius 2 is 1.00 bits per heavy atom. The maximum atomic E-state index is 11.8. The van der Waals surface area contributed by atoms with Gasteiger partial charge in [-0.15, -0.1) is 0 Å². The minimum Gasteiger partial charge on any atom is -0.273 e. The molecule has 0 unspecified atom stereocenters. The lowest BCUT2D eigenvalue weighted by atomic mass is 10.1. The zero-order chi connectivity index (χ0) is 25.5. The van der Waals surface area contributed by atoms with Gasteiger partial charge in [0, 0.05) is 37.1 Å². The van der Waals surface area contributed by atoms with Gasteiger partial charge >= 0.3 is 0 Å². The fourth-order valence-electron chi connectivity index (χ4n) is 2.94. The average molecular weight is 482 g/mol. The van der Waals surface area contributed by atoms with Crippen molar-refractivity contribution in [3.8, 4) is 0 Å². The molecule has 35 heavy (non-hydrogen) atoms. The van der Waals surface area contributed by atoms with Crippen molar-refractivity contribution in [2.45, 2.75) is 44.9 Å².